The number of H-pyrrole nitrogens is 1. The molecule has 0 spiro atoms. The molecule has 2 aliphatic rings. The first kappa shape index (κ1) is 73.2. The molecular weight excluding hydrogens is 1380 g/mol. The summed E-state index contributed by atoms with van der Waals surface area (Å²) in [6, 6.07) is 57.4. The molecule has 546 valence electrons. The van der Waals surface area contributed by atoms with E-state index in [9.17, 15) is 14.4 Å². The molecule has 0 radical (unpaired) electrons. The predicted molar refractivity (Wildman–Crippen MR) is 388 cm³/mol. The van der Waals surface area contributed by atoms with Crippen LogP contribution in [0.4, 0.5) is 11.8 Å². The van der Waals surface area contributed by atoms with Gasteiger partial charge in [-0.25, -0.2) is 21.1 Å². The number of aromatic nitrogens is 9. The van der Waals surface area contributed by atoms with Gasteiger partial charge in [0.05, 0.1) is 54.3 Å². The van der Waals surface area contributed by atoms with E-state index in [2.05, 4.69) is 40.9 Å². The van der Waals surface area contributed by atoms with Crippen LogP contribution in [0.3, 0.4) is 0 Å². The van der Waals surface area contributed by atoms with Crippen LogP contribution in [0.1, 0.15) is 77.0 Å². The van der Waals surface area contributed by atoms with Crippen molar-refractivity contribution >= 4 is 53.7 Å². The number of phosphoric acid groups is 1. The second kappa shape index (κ2) is 32.1. The van der Waals surface area contributed by atoms with Gasteiger partial charge in [0.25, 0.3) is 11.5 Å². The average molecular weight is 1460 g/mol. The predicted octanol–water partition coefficient (Wildman–Crippen LogP) is 11.5. The molecule has 11 aromatic rings. The highest BCUT2D eigenvalue weighted by Gasteiger charge is 2.55. The molecule has 9 atom stereocenters. The summed E-state index contributed by atoms with van der Waals surface area (Å²) in [4.78, 5) is 61.0. The number of hydrogen-bond acceptors (Lipinski definition) is 22. The number of methoxy groups -OCH3 is 5. The number of amides is 2. The number of nitrogens with one attached hydrogen (secondary N) is 3. The second-order valence-electron chi connectivity index (χ2n) is 25.3. The van der Waals surface area contributed by atoms with Crippen molar-refractivity contribution < 1.29 is 70.4 Å². The lowest BCUT2D eigenvalue weighted by Gasteiger charge is -2.40. The van der Waals surface area contributed by atoms with E-state index in [1.165, 1.54) is 24.3 Å². The van der Waals surface area contributed by atoms with Gasteiger partial charge in [-0.05, 0) is 99.3 Å². The number of fused-ring (bicyclic) bond motifs is 2. The number of phosphoric ester groups is 1. The number of ether oxygens (including phenoxy) is 9. The SMILES string of the molecule is [C-]#[N+]CCOP(=O)(OC[C@H]1O[C@@H](n2cnc3c(=O)[nH]c(NC(=O)C(C)C)nc32)[C@H](OC(c2ccccc2)(c2ccc(OC)cc2)c2ccc(OC)cc2)[C@@H]1OC)O[C@H]1[C@@H](C)[C@H](n2cnc3c(NC(=O)c4ccccc4)nnnc32)O[C@@H]1COC(c1ccccc1)(c1ccc(OC)cc1)c1ccc(OC)cc1. The summed E-state index contributed by atoms with van der Waals surface area (Å²) in [6.45, 7) is 11.4. The lowest BCUT2D eigenvalue weighted by atomic mass is 9.79. The molecule has 28 nitrogen and oxygen atoms in total. The molecular formula is C77H77N12O16P. The Labute approximate surface area is 609 Å². The van der Waals surface area contributed by atoms with Crippen LogP contribution in [0.15, 0.2) is 206 Å². The van der Waals surface area contributed by atoms with E-state index in [1.54, 1.807) is 84.1 Å². The Balaban J connectivity index is 0.915. The summed E-state index contributed by atoms with van der Waals surface area (Å²) < 4.78 is 98.2. The fourth-order valence-corrected chi connectivity index (χ4v) is 14.8. The number of aromatic amines is 1. The lowest BCUT2D eigenvalue weighted by molar-refractivity contribution is -0.126. The van der Waals surface area contributed by atoms with E-state index in [4.69, 9.17) is 72.7 Å². The highest BCUT2D eigenvalue weighted by atomic mass is 31.2. The minimum atomic E-state index is -5.03. The zero-order valence-electron chi connectivity index (χ0n) is 59.1. The zero-order valence-corrected chi connectivity index (χ0v) is 60.0. The Kier molecular flexibility index (Phi) is 22.2. The number of anilines is 2. The first-order valence-electron chi connectivity index (χ1n) is 34.0. The number of hydrogen-bond donors (Lipinski definition) is 3. The van der Waals surface area contributed by atoms with Crippen LogP contribution in [0.2, 0.25) is 0 Å². The van der Waals surface area contributed by atoms with E-state index < -0.39 is 104 Å². The monoisotopic (exact) mass is 1460 g/mol. The summed E-state index contributed by atoms with van der Waals surface area (Å²) in [5.41, 5.74) is 0.978. The number of imidazole rings is 2. The highest BCUT2D eigenvalue weighted by molar-refractivity contribution is 7.48. The van der Waals surface area contributed by atoms with Crippen LogP contribution in [0.5, 0.6) is 23.0 Å². The summed E-state index contributed by atoms with van der Waals surface area (Å²) in [7, 11) is 2.73. The molecule has 2 saturated heterocycles. The first-order valence-corrected chi connectivity index (χ1v) is 35.5. The Morgan fingerprint density at radius 3 is 1.61 bits per heavy atom. The maximum Gasteiger partial charge on any atom is 0.475 e. The third-order valence-electron chi connectivity index (χ3n) is 18.7. The smallest absolute Gasteiger partial charge is 0.475 e. The van der Waals surface area contributed by atoms with E-state index in [-0.39, 0.29) is 47.2 Å². The van der Waals surface area contributed by atoms with Gasteiger partial charge in [0.2, 0.25) is 18.4 Å². The topological polar surface area (TPSA) is 310 Å². The van der Waals surface area contributed by atoms with Crippen molar-refractivity contribution in [3.63, 3.8) is 0 Å². The second-order valence-corrected chi connectivity index (χ2v) is 26.9. The molecule has 106 heavy (non-hydrogen) atoms. The van der Waals surface area contributed by atoms with Crippen molar-refractivity contribution in [1.82, 2.24) is 44.5 Å². The minimum Gasteiger partial charge on any atom is -0.497 e. The van der Waals surface area contributed by atoms with Crippen molar-refractivity contribution in [1.29, 1.82) is 0 Å². The lowest BCUT2D eigenvalue weighted by Crippen LogP contribution is -2.45. The molecule has 3 N–H and O–H groups in total. The molecule has 2 fully saturated rings. The van der Waals surface area contributed by atoms with Crippen molar-refractivity contribution in [2.75, 3.05) is 72.5 Å². The van der Waals surface area contributed by atoms with Gasteiger partial charge in [-0.2, -0.15) is 4.98 Å². The summed E-state index contributed by atoms with van der Waals surface area (Å²) in [5, 5.41) is 18.1. The van der Waals surface area contributed by atoms with E-state index in [0.717, 1.165) is 5.56 Å². The maximum atomic E-state index is 16.4. The standard InChI is InChI=1S/C77H77N12O16P/c1-47(2)70(90)83-75-82-68-63(72(92)84-75)80-46-88(68)74-66(104-77(51-23-17-12-18-24-51,54-29-37-58(96-7)38-30-54)55-31-39-59(97-8)40-32-55)65(98-9)61(103-74)44-101-106(93,100-42-41-78-4)105-64-48(3)73(89-45-79-62-67(85-87-86-69(62)89)81-71(91)49-19-13-10-14-20-49)102-60(64)43-99-76(50-21-15-11-16-22-50,52-25-33-56(94-5)34-26-52)53-27-35-57(95-6)36-28-53/h10-40,45-48,60-61,64-66,73-74H,41-44H2,1-3,5-9H3,(H,81,85,86,91)(H2,82,83,84,90,92)/t48-,60-,61-,64+,65-,66-,73-,74-,106?/m1/s1. The van der Waals surface area contributed by atoms with Gasteiger partial charge in [0.1, 0.15) is 77.6 Å². The Hall–Kier alpha value is -11.1. The summed E-state index contributed by atoms with van der Waals surface area (Å²) in [5.74, 6) is -0.0220. The van der Waals surface area contributed by atoms with Crippen LogP contribution < -0.4 is 35.1 Å². The van der Waals surface area contributed by atoms with Crippen LogP contribution in [0, 0.1) is 18.4 Å². The normalized spacial score (nSPS) is 19.4. The Bertz CT molecular complexity index is 4900. The largest absolute Gasteiger partial charge is 0.497 e. The molecule has 0 bridgehead atoms. The van der Waals surface area contributed by atoms with Gasteiger partial charge < -0.3 is 52.8 Å². The maximum absolute atomic E-state index is 16.4. The first-order chi connectivity index (χ1) is 51.5. The van der Waals surface area contributed by atoms with Gasteiger partial charge in [-0.3, -0.25) is 47.4 Å². The van der Waals surface area contributed by atoms with Gasteiger partial charge in [0, 0.05) is 24.5 Å². The number of rotatable bonds is 30. The van der Waals surface area contributed by atoms with Crippen LogP contribution >= 0.6 is 7.82 Å². The summed E-state index contributed by atoms with van der Waals surface area (Å²) in [6.07, 6.45) is -5.75. The van der Waals surface area contributed by atoms with Crippen LogP contribution in [-0.2, 0) is 57.8 Å². The number of carbonyl (C=O) groups is 2. The van der Waals surface area contributed by atoms with Crippen LogP contribution in [-0.4, -0.2) is 149 Å². The Morgan fingerprint density at radius 2 is 1.08 bits per heavy atom. The number of nitrogens with zero attached hydrogens (tertiary/aromatic N) is 9. The fourth-order valence-electron chi connectivity index (χ4n) is 13.3. The molecule has 6 heterocycles. The summed E-state index contributed by atoms with van der Waals surface area (Å²) >= 11 is 0. The Morgan fingerprint density at radius 1 is 0.594 bits per heavy atom. The van der Waals surface area contributed by atoms with Crippen molar-refractivity contribution in [2.24, 2.45) is 11.8 Å². The number of carbonyl (C=O) groups excluding carboxylic acids is 2. The molecule has 2 aliphatic heterocycles. The van der Waals surface area contributed by atoms with Crippen molar-refractivity contribution in [2.45, 2.75) is 74.9 Å². The molecule has 1 unspecified atom stereocenters. The molecule has 4 aromatic heterocycles. The minimum absolute atomic E-state index is 0.0112. The fraction of sp³-hybridized carbons (Fsp3) is 0.299. The van der Waals surface area contributed by atoms with Crippen LogP contribution in [0.25, 0.3) is 27.2 Å². The van der Waals surface area contributed by atoms with E-state index >= 15 is 4.57 Å². The zero-order chi connectivity index (χ0) is 74.1. The van der Waals surface area contributed by atoms with Gasteiger partial charge >= 0.3 is 7.82 Å². The van der Waals surface area contributed by atoms with Gasteiger partial charge in [-0.15, -0.1) is 10.2 Å². The molecule has 7 aromatic carbocycles. The van der Waals surface area contributed by atoms with Crippen molar-refractivity contribution in [3.05, 3.63) is 261 Å². The third kappa shape index (κ3) is 14.7. The van der Waals surface area contributed by atoms with E-state index in [0.29, 0.717) is 56.4 Å². The average Bonchev–Trinajstić information content (AvgIpc) is 1.41. The molecule has 0 saturated carbocycles. The molecule has 2 amide bonds. The van der Waals surface area contributed by atoms with Gasteiger partial charge in [0.15, 0.2) is 34.4 Å². The highest BCUT2D eigenvalue weighted by Crippen LogP contribution is 2.56. The molecule has 13 rings (SSSR count). The quantitative estimate of drug-likeness (QED) is 0.0163. The van der Waals surface area contributed by atoms with E-state index in [1.807, 2.05) is 158 Å². The third-order valence-corrected chi connectivity index (χ3v) is 20.2. The van der Waals surface area contributed by atoms with Gasteiger partial charge in [-0.1, -0.05) is 148 Å². The van der Waals surface area contributed by atoms with Crippen molar-refractivity contribution in [3.8, 4) is 23.0 Å². The number of benzene rings is 7. The molecule has 0 aliphatic carbocycles. The molecule has 29 heteroatoms.